The Morgan fingerprint density at radius 2 is 1.66 bits per heavy atom. The Labute approximate surface area is 194 Å². The Kier molecular flexibility index (Phi) is 13.2. The fraction of sp³-hybridized carbons (Fsp3) is 0.667. The van der Waals surface area contributed by atoms with E-state index in [0.29, 0.717) is 13.0 Å². The lowest BCUT2D eigenvalue weighted by atomic mass is 9.71. The highest BCUT2D eigenvalue weighted by molar-refractivity contribution is 5.94. The second kappa shape index (κ2) is 13.6. The third-order valence-electron chi connectivity index (χ3n) is 6.22. The summed E-state index contributed by atoms with van der Waals surface area (Å²) in [5.74, 6) is 0.108. The van der Waals surface area contributed by atoms with E-state index >= 15 is 0 Å². The average molecular weight is 468 g/mol. The first-order valence-electron chi connectivity index (χ1n) is 10.2. The molecule has 3 N–H and O–H groups in total. The molecule has 0 aromatic heterocycles. The fourth-order valence-corrected chi connectivity index (χ4v) is 4.45. The van der Waals surface area contributed by atoms with Gasteiger partial charge in [0.25, 0.3) is 0 Å². The van der Waals surface area contributed by atoms with E-state index in [1.165, 1.54) is 19.3 Å². The Bertz CT molecular complexity index is 603. The molecule has 1 aliphatic carbocycles. The Balaban J connectivity index is 0.00000261. The highest BCUT2D eigenvalue weighted by Crippen LogP contribution is 2.39. The van der Waals surface area contributed by atoms with Crippen LogP contribution < -0.4 is 16.0 Å². The van der Waals surface area contributed by atoms with Gasteiger partial charge < -0.3 is 20.9 Å². The first kappa shape index (κ1) is 28.3. The maximum absolute atomic E-state index is 12.8. The third-order valence-corrected chi connectivity index (χ3v) is 6.22. The molecule has 0 unspecified atom stereocenters. The molecule has 0 radical (unpaired) electrons. The quantitative estimate of drug-likeness (QED) is 0.653. The van der Waals surface area contributed by atoms with E-state index in [9.17, 15) is 4.79 Å². The number of piperazine rings is 1. The molecule has 2 aliphatic rings. The number of benzene rings is 1. The molecule has 8 heteroatoms. The summed E-state index contributed by atoms with van der Waals surface area (Å²) >= 11 is 0. The highest BCUT2D eigenvalue weighted by atomic mass is 35.5. The first-order chi connectivity index (χ1) is 12.7. The van der Waals surface area contributed by atoms with Gasteiger partial charge in [0.15, 0.2) is 0 Å². The van der Waals surface area contributed by atoms with Crippen molar-refractivity contribution in [2.24, 2.45) is 11.1 Å². The number of hydrogen-bond donors (Lipinski definition) is 2. The van der Waals surface area contributed by atoms with Gasteiger partial charge in [-0.1, -0.05) is 38.3 Å². The highest BCUT2D eigenvalue weighted by Gasteiger charge is 2.33. The average Bonchev–Trinajstić information content (AvgIpc) is 2.69. The summed E-state index contributed by atoms with van der Waals surface area (Å²) in [6.45, 7) is 8.10. The van der Waals surface area contributed by atoms with Crippen molar-refractivity contribution in [3.63, 3.8) is 0 Å². The van der Waals surface area contributed by atoms with Crippen LogP contribution >= 0.6 is 37.2 Å². The maximum atomic E-state index is 12.8. The van der Waals surface area contributed by atoms with Gasteiger partial charge in [0.05, 0.1) is 11.4 Å². The number of carbonyl (C=O) groups is 1. The van der Waals surface area contributed by atoms with E-state index in [1.54, 1.807) is 0 Å². The molecule has 1 saturated heterocycles. The minimum atomic E-state index is 0. The summed E-state index contributed by atoms with van der Waals surface area (Å²) in [6, 6.07) is 8.20. The number of likely N-dealkylation sites (N-methyl/N-ethyl adjacent to an activating group) is 1. The SMILES string of the molecule is CCN1CCN(c2ccccc2NC(=O)CC2(CN)CCCCC2)CC1.Cl.Cl.Cl. The van der Waals surface area contributed by atoms with Crippen molar-refractivity contribution in [1.82, 2.24) is 4.90 Å². The molecule has 5 nitrogen and oxygen atoms in total. The summed E-state index contributed by atoms with van der Waals surface area (Å²) in [7, 11) is 0. The van der Waals surface area contributed by atoms with Gasteiger partial charge >= 0.3 is 0 Å². The summed E-state index contributed by atoms with van der Waals surface area (Å²) < 4.78 is 0. The third kappa shape index (κ3) is 7.48. The van der Waals surface area contributed by atoms with Crippen LogP contribution in [0, 0.1) is 5.41 Å². The van der Waals surface area contributed by atoms with Gasteiger partial charge in [-0.2, -0.15) is 0 Å². The maximum Gasteiger partial charge on any atom is 0.225 e. The van der Waals surface area contributed by atoms with Crippen molar-refractivity contribution in [3.8, 4) is 0 Å². The number of para-hydroxylation sites is 2. The Morgan fingerprint density at radius 3 is 2.24 bits per heavy atom. The Hall–Kier alpha value is -0.720. The zero-order valence-corrected chi connectivity index (χ0v) is 19.8. The molecular weight excluding hydrogens is 431 g/mol. The molecule has 3 rings (SSSR count). The van der Waals surface area contributed by atoms with Crippen LogP contribution in [0.5, 0.6) is 0 Å². The van der Waals surface area contributed by atoms with Crippen molar-refractivity contribution in [3.05, 3.63) is 24.3 Å². The second-order valence-corrected chi connectivity index (χ2v) is 7.93. The van der Waals surface area contributed by atoms with Crippen molar-refractivity contribution in [2.75, 3.05) is 49.5 Å². The molecule has 1 aromatic carbocycles. The van der Waals surface area contributed by atoms with Gasteiger partial charge in [-0.05, 0) is 43.5 Å². The molecule has 0 atom stereocenters. The van der Waals surface area contributed by atoms with Crippen LogP contribution in [0.4, 0.5) is 11.4 Å². The minimum Gasteiger partial charge on any atom is -0.367 e. The van der Waals surface area contributed by atoms with Gasteiger partial charge in [0, 0.05) is 32.6 Å². The topological polar surface area (TPSA) is 61.6 Å². The molecule has 1 aromatic rings. The first-order valence-corrected chi connectivity index (χ1v) is 10.2. The van der Waals surface area contributed by atoms with Crippen LogP contribution in [0.15, 0.2) is 24.3 Å². The van der Waals surface area contributed by atoms with Crippen LogP contribution in [0.25, 0.3) is 0 Å². The summed E-state index contributed by atoms with van der Waals surface area (Å²) in [5.41, 5.74) is 8.14. The number of rotatable bonds is 6. The molecule has 1 saturated carbocycles. The molecule has 29 heavy (non-hydrogen) atoms. The van der Waals surface area contributed by atoms with E-state index < -0.39 is 0 Å². The molecule has 168 valence electrons. The van der Waals surface area contributed by atoms with Crippen molar-refractivity contribution in [2.45, 2.75) is 45.4 Å². The van der Waals surface area contributed by atoms with Crippen LogP contribution in [0.1, 0.15) is 45.4 Å². The normalized spacial score (nSPS) is 18.6. The summed E-state index contributed by atoms with van der Waals surface area (Å²) in [4.78, 5) is 17.6. The van der Waals surface area contributed by atoms with Crippen LogP contribution in [0.3, 0.4) is 0 Å². The standard InChI is InChI=1S/C21H34N4O.3ClH/c1-2-24-12-14-25(15-13-24)19-9-5-4-8-18(19)23-20(26)16-21(17-22)10-6-3-7-11-21;;;/h4-5,8-9H,2-3,6-7,10-17,22H2,1H3,(H,23,26);3*1H. The van der Waals surface area contributed by atoms with Crippen LogP contribution in [-0.4, -0.2) is 50.1 Å². The van der Waals surface area contributed by atoms with E-state index in [0.717, 1.165) is 56.9 Å². The molecule has 0 spiro atoms. The van der Waals surface area contributed by atoms with Gasteiger partial charge in [-0.25, -0.2) is 0 Å². The van der Waals surface area contributed by atoms with E-state index in [2.05, 4.69) is 34.2 Å². The molecule has 2 fully saturated rings. The van der Waals surface area contributed by atoms with Crippen molar-refractivity contribution in [1.29, 1.82) is 0 Å². The van der Waals surface area contributed by atoms with Gasteiger partial charge in [-0.3, -0.25) is 4.79 Å². The van der Waals surface area contributed by atoms with E-state index in [-0.39, 0.29) is 48.5 Å². The lowest BCUT2D eigenvalue weighted by molar-refractivity contribution is -0.118. The van der Waals surface area contributed by atoms with Crippen molar-refractivity contribution < 1.29 is 4.79 Å². The predicted octanol–water partition coefficient (Wildman–Crippen LogP) is 4.33. The number of carbonyl (C=O) groups excluding carboxylic acids is 1. The zero-order valence-electron chi connectivity index (χ0n) is 17.4. The fourth-order valence-electron chi connectivity index (χ4n) is 4.45. The number of anilines is 2. The van der Waals surface area contributed by atoms with E-state index in [4.69, 9.17) is 5.73 Å². The second-order valence-electron chi connectivity index (χ2n) is 7.93. The number of nitrogens with one attached hydrogen (secondary N) is 1. The predicted molar refractivity (Wildman–Crippen MR) is 130 cm³/mol. The number of nitrogens with two attached hydrogens (primary N) is 1. The van der Waals surface area contributed by atoms with Gasteiger partial charge in [-0.15, -0.1) is 37.2 Å². The van der Waals surface area contributed by atoms with Crippen LogP contribution in [-0.2, 0) is 4.79 Å². The smallest absolute Gasteiger partial charge is 0.225 e. The molecule has 1 amide bonds. The lowest BCUT2D eigenvalue weighted by Gasteiger charge is -2.37. The summed E-state index contributed by atoms with van der Waals surface area (Å²) in [5, 5.41) is 3.19. The number of hydrogen-bond acceptors (Lipinski definition) is 4. The lowest BCUT2D eigenvalue weighted by Crippen LogP contribution is -2.46. The number of halogens is 3. The molecular formula is C21H37Cl3N4O. The zero-order chi connectivity index (χ0) is 18.4. The van der Waals surface area contributed by atoms with E-state index in [1.807, 2.05) is 12.1 Å². The minimum absolute atomic E-state index is 0. The molecule has 0 bridgehead atoms. The molecule has 1 heterocycles. The number of nitrogens with zero attached hydrogens (tertiary/aromatic N) is 2. The van der Waals surface area contributed by atoms with Gasteiger partial charge in [0.2, 0.25) is 5.91 Å². The number of amides is 1. The Morgan fingerprint density at radius 1 is 1.03 bits per heavy atom. The largest absolute Gasteiger partial charge is 0.367 e. The molecule has 1 aliphatic heterocycles. The summed E-state index contributed by atoms with van der Waals surface area (Å²) in [6.07, 6.45) is 6.37. The van der Waals surface area contributed by atoms with Gasteiger partial charge in [0.1, 0.15) is 0 Å². The monoisotopic (exact) mass is 466 g/mol. The van der Waals surface area contributed by atoms with Crippen molar-refractivity contribution >= 4 is 54.5 Å². The van der Waals surface area contributed by atoms with Crippen LogP contribution in [0.2, 0.25) is 0 Å².